The summed E-state index contributed by atoms with van der Waals surface area (Å²) in [5.41, 5.74) is 1.61. The highest BCUT2D eigenvalue weighted by Crippen LogP contribution is 2.29. The smallest absolute Gasteiger partial charge is 0.295 e. The van der Waals surface area contributed by atoms with Gasteiger partial charge >= 0.3 is 0 Å². The molecule has 3 aromatic rings. The lowest BCUT2D eigenvalue weighted by Crippen LogP contribution is -2.13. The van der Waals surface area contributed by atoms with Crippen molar-refractivity contribution >= 4 is 11.5 Å². The summed E-state index contributed by atoms with van der Waals surface area (Å²) >= 11 is 0. The first-order chi connectivity index (χ1) is 12.1. The van der Waals surface area contributed by atoms with Gasteiger partial charge in [0.1, 0.15) is 5.82 Å². The Balaban J connectivity index is 1.82. The molecule has 2 heterocycles. The Morgan fingerprint density at radius 3 is 2.48 bits per heavy atom. The summed E-state index contributed by atoms with van der Waals surface area (Å²) < 4.78 is 0. The molecule has 1 aromatic carbocycles. The average molecular weight is 336 g/mol. The molecule has 2 N–H and O–H groups in total. The first-order valence-electron chi connectivity index (χ1n) is 7.68. The third kappa shape index (κ3) is 3.96. The van der Waals surface area contributed by atoms with Crippen LogP contribution in [0.2, 0.25) is 0 Å². The van der Waals surface area contributed by atoms with Crippen molar-refractivity contribution in [2.75, 3.05) is 11.9 Å². The van der Waals surface area contributed by atoms with Gasteiger partial charge in [0.25, 0.3) is 5.69 Å². The minimum absolute atomic E-state index is 0.0635. The van der Waals surface area contributed by atoms with E-state index in [4.69, 9.17) is 0 Å². The number of nitrogens with one attached hydrogen (secondary N) is 1. The van der Waals surface area contributed by atoms with Crippen molar-refractivity contribution in [2.45, 2.75) is 6.10 Å². The molecule has 126 valence electrons. The Morgan fingerprint density at radius 2 is 1.80 bits per heavy atom. The largest absolute Gasteiger partial charge is 0.387 e. The number of rotatable bonds is 6. The second-order valence-corrected chi connectivity index (χ2v) is 5.36. The van der Waals surface area contributed by atoms with E-state index in [9.17, 15) is 15.2 Å². The van der Waals surface area contributed by atoms with E-state index in [1.54, 1.807) is 48.8 Å². The Hall–Kier alpha value is -3.32. The molecule has 0 saturated carbocycles. The van der Waals surface area contributed by atoms with Crippen LogP contribution in [0.1, 0.15) is 11.7 Å². The molecule has 0 spiro atoms. The molecule has 0 unspecified atom stereocenters. The van der Waals surface area contributed by atoms with Crippen LogP contribution in [0.3, 0.4) is 0 Å². The first-order valence-corrected chi connectivity index (χ1v) is 7.68. The summed E-state index contributed by atoms with van der Waals surface area (Å²) in [4.78, 5) is 19.1. The Morgan fingerprint density at radius 1 is 1.08 bits per heavy atom. The summed E-state index contributed by atoms with van der Waals surface area (Å²) in [6, 6.07) is 15.4. The van der Waals surface area contributed by atoms with Gasteiger partial charge in [-0.25, -0.2) is 4.98 Å². The number of aliphatic hydroxyl groups excluding tert-OH is 1. The van der Waals surface area contributed by atoms with Gasteiger partial charge in [0.2, 0.25) is 0 Å². The van der Waals surface area contributed by atoms with Crippen LogP contribution in [0.25, 0.3) is 11.3 Å². The van der Waals surface area contributed by atoms with Gasteiger partial charge in [-0.1, -0.05) is 30.3 Å². The maximum Gasteiger partial charge on any atom is 0.295 e. The molecule has 2 aromatic heterocycles. The zero-order chi connectivity index (χ0) is 17.6. The highest BCUT2D eigenvalue weighted by molar-refractivity contribution is 5.71. The summed E-state index contributed by atoms with van der Waals surface area (Å²) in [6.07, 6.45) is 2.48. The number of hydrogen-bond acceptors (Lipinski definition) is 6. The fourth-order valence-electron chi connectivity index (χ4n) is 2.41. The van der Waals surface area contributed by atoms with Crippen LogP contribution < -0.4 is 5.32 Å². The van der Waals surface area contributed by atoms with E-state index in [0.29, 0.717) is 11.4 Å². The standard InChI is InChI=1S/C18H16N4O3/c23-16(13-8-10-19-11-9-13)12-20-17-7-6-15(22(24)25)18(21-17)14-4-2-1-3-5-14/h1-11,16,23H,12H2,(H,20,21)/t16-/m0/s1. The van der Waals surface area contributed by atoms with Gasteiger partial charge in [-0.05, 0) is 23.8 Å². The molecule has 25 heavy (non-hydrogen) atoms. The van der Waals surface area contributed by atoms with Gasteiger partial charge in [0, 0.05) is 30.6 Å². The normalized spacial score (nSPS) is 11.7. The van der Waals surface area contributed by atoms with Crippen molar-refractivity contribution in [3.05, 3.63) is 82.7 Å². The number of hydrogen-bond donors (Lipinski definition) is 2. The Kier molecular flexibility index (Phi) is 4.96. The zero-order valence-electron chi connectivity index (χ0n) is 13.2. The average Bonchev–Trinajstić information content (AvgIpc) is 2.67. The van der Waals surface area contributed by atoms with Gasteiger partial charge < -0.3 is 10.4 Å². The van der Waals surface area contributed by atoms with Crippen LogP contribution in [0.15, 0.2) is 67.0 Å². The number of pyridine rings is 2. The van der Waals surface area contributed by atoms with Crippen LogP contribution in [0.4, 0.5) is 11.5 Å². The van der Waals surface area contributed by atoms with Gasteiger partial charge in [-0.2, -0.15) is 0 Å². The van der Waals surface area contributed by atoms with E-state index >= 15 is 0 Å². The van der Waals surface area contributed by atoms with E-state index in [1.807, 2.05) is 6.07 Å². The number of aliphatic hydroxyl groups is 1. The first kappa shape index (κ1) is 16.5. The van der Waals surface area contributed by atoms with Gasteiger partial charge in [0.15, 0.2) is 5.69 Å². The van der Waals surface area contributed by atoms with Crippen LogP contribution in [-0.2, 0) is 0 Å². The van der Waals surface area contributed by atoms with Crippen LogP contribution in [0, 0.1) is 10.1 Å². The summed E-state index contributed by atoms with van der Waals surface area (Å²) in [5.74, 6) is 0.456. The highest BCUT2D eigenvalue weighted by Gasteiger charge is 2.18. The molecule has 0 aliphatic carbocycles. The molecular weight excluding hydrogens is 320 g/mol. The number of nitrogens with zero attached hydrogens (tertiary/aromatic N) is 3. The monoisotopic (exact) mass is 336 g/mol. The molecule has 0 aliphatic rings. The molecule has 7 heteroatoms. The molecule has 0 fully saturated rings. The highest BCUT2D eigenvalue weighted by atomic mass is 16.6. The third-order valence-corrected chi connectivity index (χ3v) is 3.69. The fraction of sp³-hybridized carbons (Fsp3) is 0.111. The van der Waals surface area contributed by atoms with Gasteiger partial charge in [0.05, 0.1) is 11.0 Å². The second-order valence-electron chi connectivity index (χ2n) is 5.36. The quantitative estimate of drug-likeness (QED) is 0.529. The van der Waals surface area contributed by atoms with Crippen LogP contribution in [-0.4, -0.2) is 26.5 Å². The maximum absolute atomic E-state index is 11.3. The molecule has 7 nitrogen and oxygen atoms in total. The lowest BCUT2D eigenvalue weighted by molar-refractivity contribution is -0.384. The van der Waals surface area contributed by atoms with E-state index in [-0.39, 0.29) is 17.9 Å². The van der Waals surface area contributed by atoms with Crippen molar-refractivity contribution < 1.29 is 10.0 Å². The van der Waals surface area contributed by atoms with Crippen molar-refractivity contribution in [1.29, 1.82) is 0 Å². The minimum Gasteiger partial charge on any atom is -0.387 e. The SMILES string of the molecule is O=[N+]([O-])c1ccc(NC[C@H](O)c2ccncc2)nc1-c1ccccc1. The molecule has 1 atom stereocenters. The Labute approximate surface area is 144 Å². The predicted molar refractivity (Wildman–Crippen MR) is 94.0 cm³/mol. The lowest BCUT2D eigenvalue weighted by Gasteiger charge is -2.13. The van der Waals surface area contributed by atoms with Crippen molar-refractivity contribution in [1.82, 2.24) is 9.97 Å². The summed E-state index contributed by atoms with van der Waals surface area (Å²) in [7, 11) is 0. The van der Waals surface area contributed by atoms with Crippen LogP contribution in [0.5, 0.6) is 0 Å². The topological polar surface area (TPSA) is 101 Å². The maximum atomic E-state index is 11.3. The molecule has 0 bridgehead atoms. The third-order valence-electron chi connectivity index (χ3n) is 3.69. The molecule has 0 amide bonds. The van der Waals surface area contributed by atoms with E-state index in [2.05, 4.69) is 15.3 Å². The molecule has 0 saturated heterocycles. The van der Waals surface area contributed by atoms with Crippen molar-refractivity contribution in [2.24, 2.45) is 0 Å². The molecular formula is C18H16N4O3. The van der Waals surface area contributed by atoms with Crippen LogP contribution >= 0.6 is 0 Å². The number of benzene rings is 1. The molecule has 0 radical (unpaired) electrons. The summed E-state index contributed by atoms with van der Waals surface area (Å²) in [5, 5.41) is 24.5. The minimum atomic E-state index is -0.736. The van der Waals surface area contributed by atoms with E-state index in [1.165, 1.54) is 12.1 Å². The van der Waals surface area contributed by atoms with Gasteiger partial charge in [-0.15, -0.1) is 0 Å². The zero-order valence-corrected chi connectivity index (χ0v) is 13.2. The van der Waals surface area contributed by atoms with E-state index in [0.717, 1.165) is 5.56 Å². The predicted octanol–water partition coefficient (Wildman–Crippen LogP) is 3.20. The lowest BCUT2D eigenvalue weighted by atomic mass is 10.1. The second kappa shape index (κ2) is 7.50. The summed E-state index contributed by atoms with van der Waals surface area (Å²) in [6.45, 7) is 0.225. The number of aromatic nitrogens is 2. The van der Waals surface area contributed by atoms with Gasteiger partial charge in [-0.3, -0.25) is 15.1 Å². The molecule has 0 aliphatic heterocycles. The van der Waals surface area contributed by atoms with Crippen molar-refractivity contribution in [3.63, 3.8) is 0 Å². The number of nitro groups is 1. The Bertz CT molecular complexity index is 857. The number of anilines is 1. The molecule has 3 rings (SSSR count). The van der Waals surface area contributed by atoms with E-state index < -0.39 is 11.0 Å². The fourth-order valence-corrected chi connectivity index (χ4v) is 2.41. The van der Waals surface area contributed by atoms with Crippen molar-refractivity contribution in [3.8, 4) is 11.3 Å².